The molecule has 0 amide bonds. The van der Waals surface area contributed by atoms with Gasteiger partial charge in [0.1, 0.15) is 0 Å². The number of carbonyl (C=O) groups is 1. The van der Waals surface area contributed by atoms with Crippen LogP contribution in [0.5, 0.6) is 0 Å². The molecule has 0 aliphatic heterocycles. The van der Waals surface area contributed by atoms with Crippen molar-refractivity contribution in [1.82, 2.24) is 0 Å². The Morgan fingerprint density at radius 3 is 2.44 bits per heavy atom. The number of fused-ring (bicyclic) bond motifs is 1. The molecule has 0 saturated heterocycles. The zero-order chi connectivity index (χ0) is 13.3. The van der Waals surface area contributed by atoms with Crippen molar-refractivity contribution >= 4 is 16.7 Å². The molecule has 2 aromatic rings. The van der Waals surface area contributed by atoms with Crippen LogP contribution in [-0.4, -0.2) is 11.1 Å². The topological polar surface area (TPSA) is 37.3 Å². The van der Waals surface area contributed by atoms with E-state index in [1.54, 1.807) is 0 Å². The molecular weight excluding hydrogens is 224 g/mol. The highest BCUT2D eigenvalue weighted by molar-refractivity contribution is 6.05. The Hall–Kier alpha value is -1.83. The van der Waals surface area contributed by atoms with E-state index in [0.29, 0.717) is 5.56 Å². The third-order valence-corrected chi connectivity index (χ3v) is 3.76. The van der Waals surface area contributed by atoms with Gasteiger partial charge in [-0.25, -0.2) is 4.79 Å². The monoisotopic (exact) mass is 242 g/mol. The Bertz CT molecular complexity index is 597. The van der Waals surface area contributed by atoms with Crippen LogP contribution in [0.25, 0.3) is 10.8 Å². The van der Waals surface area contributed by atoms with Gasteiger partial charge >= 0.3 is 5.97 Å². The number of benzene rings is 2. The van der Waals surface area contributed by atoms with E-state index >= 15 is 0 Å². The Labute approximate surface area is 107 Å². The molecule has 94 valence electrons. The van der Waals surface area contributed by atoms with E-state index in [4.69, 9.17) is 0 Å². The van der Waals surface area contributed by atoms with E-state index < -0.39 is 5.97 Å². The van der Waals surface area contributed by atoms with Crippen molar-refractivity contribution in [3.63, 3.8) is 0 Å². The zero-order valence-corrected chi connectivity index (χ0v) is 11.0. The highest BCUT2D eigenvalue weighted by Gasteiger charge is 2.25. The predicted molar refractivity (Wildman–Crippen MR) is 74.2 cm³/mol. The fourth-order valence-corrected chi connectivity index (χ4v) is 2.26. The molecule has 0 aliphatic carbocycles. The molecule has 0 unspecified atom stereocenters. The molecule has 0 aromatic heterocycles. The van der Waals surface area contributed by atoms with Gasteiger partial charge in [0.2, 0.25) is 0 Å². The van der Waals surface area contributed by atoms with Gasteiger partial charge in [0, 0.05) is 0 Å². The molecule has 2 nitrogen and oxygen atoms in total. The second-order valence-corrected chi connectivity index (χ2v) is 5.25. The third kappa shape index (κ3) is 1.99. The number of hydrogen-bond acceptors (Lipinski definition) is 1. The van der Waals surface area contributed by atoms with Crippen LogP contribution in [-0.2, 0) is 5.41 Å². The minimum atomic E-state index is -0.844. The lowest BCUT2D eigenvalue weighted by atomic mass is 9.78. The highest BCUT2D eigenvalue weighted by Crippen LogP contribution is 2.33. The highest BCUT2D eigenvalue weighted by atomic mass is 16.4. The van der Waals surface area contributed by atoms with E-state index in [2.05, 4.69) is 20.8 Å². The standard InChI is InChI=1S/C16H18O2/c1-4-16(2,3)13-10-9-11-7-5-6-8-12(11)14(13)15(17)18/h5-10H,4H2,1-3H3,(H,17,18). The van der Waals surface area contributed by atoms with E-state index in [9.17, 15) is 9.90 Å². The fraction of sp³-hybridized carbons (Fsp3) is 0.312. The zero-order valence-electron chi connectivity index (χ0n) is 11.0. The SMILES string of the molecule is CCC(C)(C)c1ccc2ccccc2c1C(=O)O. The van der Waals surface area contributed by atoms with Crippen molar-refractivity contribution in [2.24, 2.45) is 0 Å². The van der Waals surface area contributed by atoms with Gasteiger partial charge in [-0.1, -0.05) is 57.2 Å². The Morgan fingerprint density at radius 1 is 1.17 bits per heavy atom. The first-order chi connectivity index (χ1) is 8.47. The first-order valence-corrected chi connectivity index (χ1v) is 6.23. The Morgan fingerprint density at radius 2 is 1.83 bits per heavy atom. The Balaban J connectivity index is 2.83. The van der Waals surface area contributed by atoms with Crippen LogP contribution in [0, 0.1) is 0 Å². The van der Waals surface area contributed by atoms with Crippen molar-refractivity contribution in [2.75, 3.05) is 0 Å². The van der Waals surface area contributed by atoms with E-state index in [-0.39, 0.29) is 5.41 Å². The van der Waals surface area contributed by atoms with Crippen LogP contribution in [0.1, 0.15) is 43.1 Å². The molecule has 0 spiro atoms. The van der Waals surface area contributed by atoms with Crippen LogP contribution in [0.2, 0.25) is 0 Å². The van der Waals surface area contributed by atoms with Crippen molar-refractivity contribution in [3.8, 4) is 0 Å². The van der Waals surface area contributed by atoms with Crippen LogP contribution >= 0.6 is 0 Å². The molecule has 2 rings (SSSR count). The van der Waals surface area contributed by atoms with Crippen molar-refractivity contribution in [3.05, 3.63) is 47.5 Å². The summed E-state index contributed by atoms with van der Waals surface area (Å²) in [7, 11) is 0. The first kappa shape index (κ1) is 12.6. The maximum absolute atomic E-state index is 11.6. The van der Waals surface area contributed by atoms with Gasteiger partial charge in [0.05, 0.1) is 5.56 Å². The normalized spacial score (nSPS) is 11.7. The van der Waals surface area contributed by atoms with Gasteiger partial charge < -0.3 is 5.11 Å². The summed E-state index contributed by atoms with van der Waals surface area (Å²) in [6.07, 6.45) is 0.908. The quantitative estimate of drug-likeness (QED) is 0.874. The number of rotatable bonds is 3. The van der Waals surface area contributed by atoms with Gasteiger partial charge in [-0.05, 0) is 28.2 Å². The molecule has 0 radical (unpaired) electrons. The van der Waals surface area contributed by atoms with Crippen LogP contribution in [0.4, 0.5) is 0 Å². The minimum Gasteiger partial charge on any atom is -0.478 e. The molecule has 18 heavy (non-hydrogen) atoms. The van der Waals surface area contributed by atoms with Gasteiger partial charge in [-0.15, -0.1) is 0 Å². The third-order valence-electron chi connectivity index (χ3n) is 3.76. The summed E-state index contributed by atoms with van der Waals surface area (Å²) in [6.45, 7) is 6.26. The summed E-state index contributed by atoms with van der Waals surface area (Å²) in [5.74, 6) is -0.844. The molecule has 2 aromatic carbocycles. The van der Waals surface area contributed by atoms with Crippen LogP contribution in [0.3, 0.4) is 0 Å². The van der Waals surface area contributed by atoms with E-state index in [1.165, 1.54) is 0 Å². The molecular formula is C16H18O2. The summed E-state index contributed by atoms with van der Waals surface area (Å²) in [5, 5.41) is 11.3. The Kier molecular flexibility index (Phi) is 3.12. The molecule has 1 N–H and O–H groups in total. The van der Waals surface area contributed by atoms with Crippen molar-refractivity contribution < 1.29 is 9.90 Å². The van der Waals surface area contributed by atoms with Gasteiger partial charge in [0.15, 0.2) is 0 Å². The second kappa shape index (κ2) is 4.45. The van der Waals surface area contributed by atoms with Gasteiger partial charge in [-0.2, -0.15) is 0 Å². The van der Waals surface area contributed by atoms with Gasteiger partial charge in [0.25, 0.3) is 0 Å². The lowest BCUT2D eigenvalue weighted by Crippen LogP contribution is -2.20. The fourth-order valence-electron chi connectivity index (χ4n) is 2.26. The summed E-state index contributed by atoms with van der Waals surface area (Å²) in [5.41, 5.74) is 1.23. The largest absolute Gasteiger partial charge is 0.478 e. The summed E-state index contributed by atoms with van der Waals surface area (Å²) in [4.78, 5) is 11.6. The average molecular weight is 242 g/mol. The molecule has 0 atom stereocenters. The molecule has 0 heterocycles. The molecule has 0 bridgehead atoms. The lowest BCUT2D eigenvalue weighted by molar-refractivity contribution is 0.0696. The van der Waals surface area contributed by atoms with Crippen molar-refractivity contribution in [2.45, 2.75) is 32.6 Å². The first-order valence-electron chi connectivity index (χ1n) is 6.23. The molecule has 0 saturated carbocycles. The van der Waals surface area contributed by atoms with Crippen LogP contribution in [0.15, 0.2) is 36.4 Å². The van der Waals surface area contributed by atoms with Gasteiger partial charge in [-0.3, -0.25) is 0 Å². The van der Waals surface area contributed by atoms with Crippen molar-refractivity contribution in [1.29, 1.82) is 0 Å². The van der Waals surface area contributed by atoms with E-state index in [1.807, 2.05) is 36.4 Å². The maximum Gasteiger partial charge on any atom is 0.336 e. The van der Waals surface area contributed by atoms with E-state index in [0.717, 1.165) is 22.8 Å². The maximum atomic E-state index is 11.6. The average Bonchev–Trinajstić information content (AvgIpc) is 2.37. The smallest absolute Gasteiger partial charge is 0.336 e. The summed E-state index contributed by atoms with van der Waals surface area (Å²) in [6, 6.07) is 11.6. The van der Waals surface area contributed by atoms with Crippen LogP contribution < -0.4 is 0 Å². The number of aromatic carboxylic acids is 1. The minimum absolute atomic E-state index is 0.127. The summed E-state index contributed by atoms with van der Waals surface area (Å²) < 4.78 is 0. The lowest BCUT2D eigenvalue weighted by Gasteiger charge is -2.26. The predicted octanol–water partition coefficient (Wildman–Crippen LogP) is 4.23. The second-order valence-electron chi connectivity index (χ2n) is 5.25. The number of carboxylic acid groups (broad SMARTS) is 1. The molecule has 0 aliphatic rings. The molecule has 0 fully saturated rings. The number of carboxylic acids is 1. The summed E-state index contributed by atoms with van der Waals surface area (Å²) >= 11 is 0. The molecule has 2 heteroatoms. The number of hydrogen-bond donors (Lipinski definition) is 1.